The van der Waals surface area contributed by atoms with Gasteiger partial charge in [0.15, 0.2) is 0 Å². The predicted molar refractivity (Wildman–Crippen MR) is 120 cm³/mol. The molecule has 3 rings (SSSR count). The number of hydrogen-bond donors (Lipinski definition) is 2. The molecule has 1 heterocycles. The third kappa shape index (κ3) is 6.28. The van der Waals surface area contributed by atoms with E-state index >= 15 is 0 Å². The fourth-order valence-electron chi connectivity index (χ4n) is 3.56. The van der Waals surface area contributed by atoms with Gasteiger partial charge in [-0.25, -0.2) is 13.1 Å². The third-order valence-corrected chi connectivity index (χ3v) is 7.17. The minimum absolute atomic E-state index is 0.101. The molecule has 1 unspecified atom stereocenters. The number of hydrogen-bond acceptors (Lipinski definition) is 4. The molecule has 1 aliphatic heterocycles. The molecule has 1 fully saturated rings. The predicted octanol–water partition coefficient (Wildman–Crippen LogP) is 3.59. The van der Waals surface area contributed by atoms with Crippen molar-refractivity contribution in [3.05, 3.63) is 58.6 Å². The summed E-state index contributed by atoms with van der Waals surface area (Å²) in [5.74, 6) is 0.0661. The highest BCUT2D eigenvalue weighted by Crippen LogP contribution is 2.21. The number of anilines is 1. The molecule has 162 valence electrons. The number of rotatable bonds is 7. The van der Waals surface area contributed by atoms with Gasteiger partial charge in [0.25, 0.3) is 0 Å². The first-order valence-corrected chi connectivity index (χ1v) is 11.9. The Balaban J connectivity index is 1.50. The fraction of sp³-hybridized carbons (Fsp3) is 0.409. The summed E-state index contributed by atoms with van der Waals surface area (Å²) in [7, 11) is -3.53. The fourth-order valence-corrected chi connectivity index (χ4v) is 4.86. The third-order valence-electron chi connectivity index (χ3n) is 5.32. The van der Waals surface area contributed by atoms with Crippen LogP contribution in [0, 0.1) is 19.8 Å². The maximum Gasteiger partial charge on any atom is 0.240 e. The second-order valence-corrected chi connectivity index (χ2v) is 10.1. The molecule has 0 spiro atoms. The molecule has 30 heavy (non-hydrogen) atoms. The van der Waals surface area contributed by atoms with E-state index in [1.807, 2.05) is 26.0 Å². The van der Waals surface area contributed by atoms with Crippen molar-refractivity contribution in [2.24, 2.45) is 5.92 Å². The molecule has 2 aromatic rings. The van der Waals surface area contributed by atoms with E-state index in [4.69, 9.17) is 11.6 Å². The summed E-state index contributed by atoms with van der Waals surface area (Å²) in [4.78, 5) is 14.7. The lowest BCUT2D eigenvalue weighted by Crippen LogP contribution is -2.43. The van der Waals surface area contributed by atoms with Gasteiger partial charge in [-0.2, -0.15) is 0 Å². The number of aryl methyl sites for hydroxylation is 2. The van der Waals surface area contributed by atoms with Gasteiger partial charge < -0.3 is 5.32 Å². The minimum atomic E-state index is -3.53. The first kappa shape index (κ1) is 22.7. The highest BCUT2D eigenvalue weighted by molar-refractivity contribution is 7.89. The van der Waals surface area contributed by atoms with E-state index in [0.717, 1.165) is 30.5 Å². The maximum absolute atomic E-state index is 12.5. The number of nitrogens with one attached hydrogen (secondary N) is 2. The Kier molecular flexibility index (Phi) is 7.52. The zero-order valence-electron chi connectivity index (χ0n) is 17.3. The lowest BCUT2D eigenvalue weighted by atomic mass is 9.98. The van der Waals surface area contributed by atoms with Gasteiger partial charge in [0, 0.05) is 23.8 Å². The second kappa shape index (κ2) is 9.92. The van der Waals surface area contributed by atoms with Crippen LogP contribution in [0.4, 0.5) is 5.69 Å². The molecule has 1 saturated heterocycles. The van der Waals surface area contributed by atoms with Gasteiger partial charge in [-0.05, 0) is 69.0 Å². The average Bonchev–Trinajstić information content (AvgIpc) is 2.70. The Morgan fingerprint density at radius 1 is 1.17 bits per heavy atom. The topological polar surface area (TPSA) is 78.5 Å². The Morgan fingerprint density at radius 3 is 2.60 bits per heavy atom. The van der Waals surface area contributed by atoms with Crippen LogP contribution in [0.25, 0.3) is 0 Å². The van der Waals surface area contributed by atoms with Crippen LogP contribution in [0.2, 0.25) is 5.02 Å². The van der Waals surface area contributed by atoms with E-state index in [0.29, 0.717) is 23.8 Å². The molecular weight excluding hydrogens is 422 g/mol. The lowest BCUT2D eigenvalue weighted by molar-refractivity contribution is -0.117. The average molecular weight is 450 g/mol. The number of carbonyl (C=O) groups is 1. The van der Waals surface area contributed by atoms with Crippen LogP contribution >= 0.6 is 11.6 Å². The summed E-state index contributed by atoms with van der Waals surface area (Å²) in [6.07, 6.45) is 1.86. The number of piperidine rings is 1. The van der Waals surface area contributed by atoms with Crippen molar-refractivity contribution in [3.8, 4) is 0 Å². The number of halogens is 1. The summed E-state index contributed by atoms with van der Waals surface area (Å²) < 4.78 is 27.7. The smallest absolute Gasteiger partial charge is 0.240 e. The summed E-state index contributed by atoms with van der Waals surface area (Å²) >= 11 is 6.11. The van der Waals surface area contributed by atoms with Crippen molar-refractivity contribution in [2.75, 3.05) is 31.5 Å². The highest BCUT2D eigenvalue weighted by Gasteiger charge is 2.24. The Labute approximate surface area is 183 Å². The first-order chi connectivity index (χ1) is 14.2. The van der Waals surface area contributed by atoms with Gasteiger partial charge in [-0.3, -0.25) is 9.69 Å². The van der Waals surface area contributed by atoms with Crippen molar-refractivity contribution in [1.82, 2.24) is 9.62 Å². The summed E-state index contributed by atoms with van der Waals surface area (Å²) in [5, 5.41) is 3.50. The molecule has 0 bridgehead atoms. The van der Waals surface area contributed by atoms with Crippen molar-refractivity contribution < 1.29 is 13.2 Å². The van der Waals surface area contributed by atoms with Gasteiger partial charge in [-0.1, -0.05) is 35.4 Å². The molecule has 1 atom stereocenters. The van der Waals surface area contributed by atoms with Crippen LogP contribution in [-0.4, -0.2) is 45.4 Å². The number of likely N-dealkylation sites (tertiary alicyclic amines) is 1. The Bertz CT molecular complexity index is 993. The molecule has 1 amide bonds. The zero-order chi connectivity index (χ0) is 21.7. The summed E-state index contributed by atoms with van der Waals surface area (Å²) in [6.45, 7) is 5.97. The van der Waals surface area contributed by atoms with Crippen molar-refractivity contribution >= 4 is 33.2 Å². The summed E-state index contributed by atoms with van der Waals surface area (Å²) in [6, 6.07) is 12.3. The molecule has 6 nitrogen and oxygen atoms in total. The lowest BCUT2D eigenvalue weighted by Gasteiger charge is -2.32. The molecule has 2 aromatic carbocycles. The van der Waals surface area contributed by atoms with Gasteiger partial charge >= 0.3 is 0 Å². The van der Waals surface area contributed by atoms with E-state index in [9.17, 15) is 13.2 Å². The number of sulfonamides is 1. The minimum Gasteiger partial charge on any atom is -0.325 e. The monoisotopic (exact) mass is 449 g/mol. The second-order valence-electron chi connectivity index (χ2n) is 7.92. The van der Waals surface area contributed by atoms with Gasteiger partial charge in [0.05, 0.1) is 11.4 Å². The highest BCUT2D eigenvalue weighted by atomic mass is 35.5. The SMILES string of the molecule is Cc1ccc(S(=O)(=O)NCC2CCCN(CC(=O)Nc3ccc(C)c(Cl)c3)C2)cc1. The van der Waals surface area contributed by atoms with Crippen LogP contribution < -0.4 is 10.0 Å². The van der Waals surface area contributed by atoms with Gasteiger partial charge in [-0.15, -0.1) is 0 Å². The molecule has 1 aliphatic rings. The van der Waals surface area contributed by atoms with Crippen molar-refractivity contribution in [1.29, 1.82) is 0 Å². The van der Waals surface area contributed by atoms with Crippen LogP contribution in [0.5, 0.6) is 0 Å². The van der Waals surface area contributed by atoms with Crippen LogP contribution in [0.3, 0.4) is 0 Å². The summed E-state index contributed by atoms with van der Waals surface area (Å²) in [5.41, 5.74) is 2.65. The molecule has 8 heteroatoms. The Hall–Kier alpha value is -1.93. The zero-order valence-corrected chi connectivity index (χ0v) is 18.9. The van der Waals surface area contributed by atoms with E-state index < -0.39 is 10.0 Å². The molecule has 0 radical (unpaired) electrons. The molecule has 2 N–H and O–H groups in total. The number of benzene rings is 2. The van der Waals surface area contributed by atoms with E-state index in [1.54, 1.807) is 30.3 Å². The first-order valence-electron chi connectivity index (χ1n) is 10.1. The van der Waals surface area contributed by atoms with Gasteiger partial charge in [0.1, 0.15) is 0 Å². The van der Waals surface area contributed by atoms with E-state index in [-0.39, 0.29) is 23.3 Å². The Morgan fingerprint density at radius 2 is 1.90 bits per heavy atom. The maximum atomic E-state index is 12.5. The van der Waals surface area contributed by atoms with Crippen molar-refractivity contribution in [3.63, 3.8) is 0 Å². The molecule has 0 aliphatic carbocycles. The van der Waals surface area contributed by atoms with Crippen LogP contribution in [-0.2, 0) is 14.8 Å². The number of amides is 1. The van der Waals surface area contributed by atoms with Crippen LogP contribution in [0.1, 0.15) is 24.0 Å². The molecule has 0 saturated carbocycles. The van der Waals surface area contributed by atoms with Crippen molar-refractivity contribution in [2.45, 2.75) is 31.6 Å². The molecule has 0 aromatic heterocycles. The van der Waals surface area contributed by atoms with E-state index in [1.165, 1.54) is 0 Å². The number of nitrogens with zero attached hydrogens (tertiary/aromatic N) is 1. The standard InChI is InChI=1S/C22H28ClN3O3S/c1-16-5-9-20(10-6-16)30(28,29)24-13-18-4-3-11-26(14-18)15-22(27)25-19-8-7-17(2)21(23)12-19/h5-10,12,18,24H,3-4,11,13-15H2,1-2H3,(H,25,27). The quantitative estimate of drug-likeness (QED) is 0.677. The normalized spacial score (nSPS) is 17.6. The van der Waals surface area contributed by atoms with Crippen LogP contribution in [0.15, 0.2) is 47.4 Å². The largest absolute Gasteiger partial charge is 0.325 e. The molecular formula is C22H28ClN3O3S. The van der Waals surface area contributed by atoms with Gasteiger partial charge in [0.2, 0.25) is 15.9 Å². The van der Waals surface area contributed by atoms with E-state index in [2.05, 4.69) is 14.9 Å². The number of carbonyl (C=O) groups excluding carboxylic acids is 1.